The number of thiol groups is 1. The number of aliphatic hydroxyl groups excluding tert-OH is 2. The Hall–Kier alpha value is -3.23. The van der Waals surface area contributed by atoms with Crippen LogP contribution in [0.4, 0.5) is 10.3 Å². The Morgan fingerprint density at radius 3 is 2.83 bits per heavy atom. The number of aromatic amines is 2. The van der Waals surface area contributed by atoms with E-state index < -0.39 is 74.0 Å². The number of imidazole rings is 2. The van der Waals surface area contributed by atoms with Gasteiger partial charge in [0.2, 0.25) is 11.6 Å². The number of nitrogen functional groups attached to an aromatic ring is 1. The highest BCUT2D eigenvalue weighted by Crippen LogP contribution is 2.57. The molecule has 0 amide bonds. The molecular formula is C20H23FN9O9PS. The molecule has 4 aromatic rings. The number of nitrogens with one attached hydrogen (secondary N) is 2. The Morgan fingerprint density at radius 1 is 1.24 bits per heavy atom. The lowest BCUT2D eigenvalue weighted by Gasteiger charge is -2.25. The summed E-state index contributed by atoms with van der Waals surface area (Å²) in [5.74, 6) is -0.238. The molecule has 220 valence electrons. The number of nitrogens with zero attached hydrogens (tertiary/aromatic N) is 6. The maximum Gasteiger partial charge on any atom is 0.386 e. The smallest absolute Gasteiger partial charge is 0.386 e. The highest BCUT2D eigenvalue weighted by atomic mass is 32.7. The van der Waals surface area contributed by atoms with Crippen LogP contribution in [-0.2, 0) is 23.1 Å². The maximum atomic E-state index is 15.3. The van der Waals surface area contributed by atoms with Gasteiger partial charge in [-0.2, -0.15) is 10.1 Å². The zero-order valence-electron chi connectivity index (χ0n) is 20.7. The van der Waals surface area contributed by atoms with Crippen molar-refractivity contribution in [2.75, 3.05) is 18.9 Å². The number of aromatic nitrogens is 8. The molecule has 41 heavy (non-hydrogen) atoms. The van der Waals surface area contributed by atoms with Crippen LogP contribution in [0.15, 0.2) is 28.4 Å². The summed E-state index contributed by atoms with van der Waals surface area (Å²) in [6, 6.07) is 0. The molecule has 0 bridgehead atoms. The summed E-state index contributed by atoms with van der Waals surface area (Å²) < 4.78 is 53.1. The van der Waals surface area contributed by atoms with Gasteiger partial charge in [-0.25, -0.2) is 23.4 Å². The van der Waals surface area contributed by atoms with Crippen LogP contribution < -0.4 is 16.9 Å². The summed E-state index contributed by atoms with van der Waals surface area (Å²) in [7, 11) is 0. The van der Waals surface area contributed by atoms with Crippen LogP contribution >= 0.6 is 19.0 Å². The first-order valence-corrected chi connectivity index (χ1v) is 14.8. The molecule has 21 heteroatoms. The van der Waals surface area contributed by atoms with Crippen molar-refractivity contribution in [2.24, 2.45) is 0 Å². The van der Waals surface area contributed by atoms with E-state index in [4.69, 9.17) is 24.3 Å². The quantitative estimate of drug-likeness (QED) is 0.103. The zero-order chi connectivity index (χ0) is 29.1. The molecule has 0 spiro atoms. The predicted octanol–water partition coefficient (Wildman–Crippen LogP) is -1.01. The average molecular weight is 615 g/mol. The fraction of sp³-hybridized carbons (Fsp3) is 0.500. The number of H-pyrrole nitrogens is 2. The first kappa shape index (κ1) is 27.9. The van der Waals surface area contributed by atoms with Gasteiger partial charge in [0.05, 0.1) is 37.5 Å². The van der Waals surface area contributed by atoms with E-state index in [0.29, 0.717) is 5.69 Å². The molecule has 1 unspecified atom stereocenters. The highest BCUT2D eigenvalue weighted by Gasteiger charge is 2.50. The molecule has 0 aromatic carbocycles. The first-order valence-electron chi connectivity index (χ1n) is 12.1. The zero-order valence-corrected chi connectivity index (χ0v) is 22.5. The van der Waals surface area contributed by atoms with Gasteiger partial charge in [0.25, 0.3) is 11.1 Å². The summed E-state index contributed by atoms with van der Waals surface area (Å²) in [4.78, 5) is 40.7. The van der Waals surface area contributed by atoms with Crippen LogP contribution in [0.3, 0.4) is 0 Å². The van der Waals surface area contributed by atoms with E-state index in [2.05, 4.69) is 42.3 Å². The van der Waals surface area contributed by atoms with Gasteiger partial charge in [-0.1, -0.05) is 12.2 Å². The number of fused-ring (bicyclic) bond motifs is 2. The summed E-state index contributed by atoms with van der Waals surface area (Å²) in [5, 5.41) is 24.2. The third-order valence-electron chi connectivity index (χ3n) is 6.72. The highest BCUT2D eigenvalue weighted by molar-refractivity contribution is 8.44. The average Bonchev–Trinajstić information content (AvgIpc) is 3.69. The number of nitrogens with two attached hydrogens (primary N) is 1. The third kappa shape index (κ3) is 5.06. The van der Waals surface area contributed by atoms with Crippen molar-refractivity contribution >= 4 is 41.8 Å². The van der Waals surface area contributed by atoms with Crippen LogP contribution in [0.5, 0.6) is 0 Å². The standard InChI is InChI=1S/C20H23FN9O9PS/c21-12-10(3-31)38-19(29-6-25-13-15(29)27-20(22)28-17(13)33)14(12)39-40(35,41)36-4-11-8(32)1-9(37-11)7-2-23-16-18(34)24-5-26-30(7)16/h2,5-6,8-12,14,19,31-32H,1,3-4H2,(H,35,41)(H,24,26,34)(H3,22,27,28,33)/t8-,9+,10+,11+,12+,14+,19+,40?/m0/s1. The number of ether oxygens (including phenoxy) is 2. The molecule has 2 saturated heterocycles. The second-order valence-electron chi connectivity index (χ2n) is 9.30. The van der Waals surface area contributed by atoms with Crippen LogP contribution in [0.2, 0.25) is 0 Å². The monoisotopic (exact) mass is 615 g/mol. The maximum absolute atomic E-state index is 15.3. The number of alkyl halides is 1. The van der Waals surface area contributed by atoms with E-state index in [0.717, 1.165) is 10.9 Å². The topological polar surface area (TPSA) is 247 Å². The molecule has 6 heterocycles. The van der Waals surface area contributed by atoms with E-state index in [-0.39, 0.29) is 29.2 Å². The lowest BCUT2D eigenvalue weighted by molar-refractivity contribution is -0.0491. The number of rotatable bonds is 8. The molecule has 0 radical (unpaired) electrons. The van der Waals surface area contributed by atoms with Crippen molar-refractivity contribution in [2.45, 2.75) is 49.3 Å². The fourth-order valence-corrected chi connectivity index (χ4v) is 6.24. The van der Waals surface area contributed by atoms with E-state index in [1.807, 2.05) is 0 Å². The minimum atomic E-state index is -4.36. The molecule has 6 N–H and O–H groups in total. The molecule has 2 aliphatic rings. The number of hydrogen-bond acceptors (Lipinski definition) is 14. The van der Waals surface area contributed by atoms with Gasteiger partial charge in [0.1, 0.15) is 30.7 Å². The van der Waals surface area contributed by atoms with Gasteiger partial charge in [-0.3, -0.25) is 28.2 Å². The Balaban J connectivity index is 1.17. The molecule has 0 aliphatic carbocycles. The molecule has 0 saturated carbocycles. The molecule has 18 nitrogen and oxygen atoms in total. The molecule has 2 fully saturated rings. The van der Waals surface area contributed by atoms with E-state index in [1.54, 1.807) is 0 Å². The van der Waals surface area contributed by atoms with Gasteiger partial charge in [0.15, 0.2) is 23.6 Å². The largest absolute Gasteiger partial charge is 0.394 e. The van der Waals surface area contributed by atoms with Gasteiger partial charge in [-0.05, 0) is 0 Å². The van der Waals surface area contributed by atoms with Gasteiger partial charge >= 0.3 is 6.80 Å². The molecular weight excluding hydrogens is 592 g/mol. The van der Waals surface area contributed by atoms with Crippen molar-refractivity contribution in [3.63, 3.8) is 0 Å². The Kier molecular flexibility index (Phi) is 7.19. The van der Waals surface area contributed by atoms with Crippen molar-refractivity contribution in [3.05, 3.63) is 45.3 Å². The Morgan fingerprint density at radius 2 is 2.05 bits per heavy atom. The summed E-state index contributed by atoms with van der Waals surface area (Å²) in [6.45, 7) is -5.57. The lowest BCUT2D eigenvalue weighted by Crippen LogP contribution is -2.32. The van der Waals surface area contributed by atoms with Crippen molar-refractivity contribution in [3.8, 4) is 0 Å². The van der Waals surface area contributed by atoms with Crippen LogP contribution in [-0.4, -0.2) is 93.1 Å². The van der Waals surface area contributed by atoms with E-state index >= 15 is 4.39 Å². The number of aliphatic hydroxyl groups is 2. The second kappa shape index (κ2) is 10.6. The van der Waals surface area contributed by atoms with Crippen LogP contribution in [0.25, 0.3) is 16.8 Å². The van der Waals surface area contributed by atoms with Crippen molar-refractivity contribution in [1.82, 2.24) is 39.1 Å². The second-order valence-corrected chi connectivity index (χ2v) is 12.2. The van der Waals surface area contributed by atoms with Crippen LogP contribution in [0.1, 0.15) is 24.4 Å². The molecule has 4 aromatic heterocycles. The minimum Gasteiger partial charge on any atom is -0.394 e. The summed E-state index contributed by atoms with van der Waals surface area (Å²) in [6.07, 6.45) is -5.46. The van der Waals surface area contributed by atoms with Gasteiger partial charge in [-0.15, -0.1) is 0 Å². The van der Waals surface area contributed by atoms with E-state index in [1.165, 1.54) is 17.0 Å². The number of anilines is 1. The summed E-state index contributed by atoms with van der Waals surface area (Å²) >= 11 is 3.96. The van der Waals surface area contributed by atoms with Gasteiger partial charge in [0, 0.05) is 6.42 Å². The summed E-state index contributed by atoms with van der Waals surface area (Å²) in [5.41, 5.74) is 4.77. The fourth-order valence-electron chi connectivity index (χ4n) is 4.79. The predicted molar refractivity (Wildman–Crippen MR) is 138 cm³/mol. The first-order chi connectivity index (χ1) is 19.6. The lowest BCUT2D eigenvalue weighted by atomic mass is 10.1. The van der Waals surface area contributed by atoms with Crippen molar-refractivity contribution < 1.29 is 37.7 Å². The number of hydrogen-bond donors (Lipinski definition) is 6. The molecule has 6 rings (SSSR count). The van der Waals surface area contributed by atoms with Crippen molar-refractivity contribution in [1.29, 1.82) is 0 Å². The molecule has 8 atom stereocenters. The van der Waals surface area contributed by atoms with Gasteiger partial charge < -0.3 is 30.4 Å². The number of halogens is 1. The van der Waals surface area contributed by atoms with E-state index in [9.17, 15) is 24.4 Å². The Labute approximate surface area is 232 Å². The SMILES string of the molecule is Nc1nc2c(ncn2[C@@H]2O[C@H](CO)[C@@H](F)[C@H]2OP(=O)(S)OC[C@H]2O[C@@H](c3cnc4c(=O)[nH]cnn34)C[C@@H]2O)c(=O)[nH]1. The Bertz CT molecular complexity index is 1760. The van der Waals surface area contributed by atoms with Crippen LogP contribution in [0, 0.1) is 0 Å². The molecule has 2 aliphatic heterocycles. The third-order valence-corrected chi connectivity index (χ3v) is 8.33. The minimum absolute atomic E-state index is 0.0389. The normalized spacial score (nSPS) is 29.9.